The van der Waals surface area contributed by atoms with E-state index in [1.165, 1.54) is 18.1 Å². The van der Waals surface area contributed by atoms with Gasteiger partial charge in [0.25, 0.3) is 0 Å². The van der Waals surface area contributed by atoms with Gasteiger partial charge in [-0.1, -0.05) is 25.5 Å². The molecule has 2 aliphatic heterocycles. The predicted molar refractivity (Wildman–Crippen MR) is 224 cm³/mol. The van der Waals surface area contributed by atoms with Crippen molar-refractivity contribution in [3.05, 3.63) is 53.6 Å². The summed E-state index contributed by atoms with van der Waals surface area (Å²) in [4.78, 5) is 41.0. The number of hydrogen-bond acceptors (Lipinski definition) is 10. The van der Waals surface area contributed by atoms with Gasteiger partial charge in [0.05, 0.1) is 25.3 Å². The molecular weight excluding hydrogens is 773 g/mol. The summed E-state index contributed by atoms with van der Waals surface area (Å²) in [6.07, 6.45) is 6.20. The summed E-state index contributed by atoms with van der Waals surface area (Å²) in [6.45, 7) is 9.13. The van der Waals surface area contributed by atoms with E-state index in [2.05, 4.69) is 4.90 Å². The molecule has 2 aliphatic carbocycles. The van der Waals surface area contributed by atoms with Gasteiger partial charge in [-0.15, -0.1) is 0 Å². The van der Waals surface area contributed by atoms with Crippen LogP contribution in [0.2, 0.25) is 0 Å². The molecule has 3 heterocycles. The number of carbonyl (C=O) groups is 2. The molecule has 2 bridgehead atoms. The summed E-state index contributed by atoms with van der Waals surface area (Å²) in [5.74, 6) is 0.558. The summed E-state index contributed by atoms with van der Waals surface area (Å²) in [5.41, 5.74) is 0.496. The van der Waals surface area contributed by atoms with Crippen LogP contribution in [-0.2, 0) is 20.6 Å². The highest BCUT2D eigenvalue weighted by Gasteiger charge is 2.52. The van der Waals surface area contributed by atoms with Gasteiger partial charge in [0.1, 0.15) is 28.5 Å². The highest BCUT2D eigenvalue weighted by molar-refractivity contribution is 6.03. The number of rotatable bonds is 11. The van der Waals surface area contributed by atoms with Crippen molar-refractivity contribution in [2.24, 2.45) is 17.3 Å². The van der Waals surface area contributed by atoms with E-state index in [0.29, 0.717) is 77.5 Å². The van der Waals surface area contributed by atoms with Crippen LogP contribution in [0.1, 0.15) is 78.2 Å². The van der Waals surface area contributed by atoms with Crippen LogP contribution >= 0.6 is 0 Å². The maximum atomic E-state index is 17.6. The molecule has 3 unspecified atom stereocenters. The number of carbonyl (C=O) groups excluding carboxylic acids is 2. The van der Waals surface area contributed by atoms with Crippen LogP contribution in [0.3, 0.4) is 0 Å². The number of aryl methyl sites for hydroxylation is 1. The molecule has 8 rings (SSSR count). The zero-order chi connectivity index (χ0) is 42.5. The van der Waals surface area contributed by atoms with Gasteiger partial charge >= 0.3 is 18.2 Å². The maximum Gasteiger partial charge on any atom is 0.410 e. The van der Waals surface area contributed by atoms with Crippen molar-refractivity contribution in [2.75, 3.05) is 59.2 Å². The summed E-state index contributed by atoms with van der Waals surface area (Å²) >= 11 is 0. The van der Waals surface area contributed by atoms with Crippen molar-refractivity contribution in [2.45, 2.75) is 96.7 Å². The maximum absolute atomic E-state index is 17.6. The number of methoxy groups -OCH3 is 1. The topological polar surface area (TPSA) is 116 Å². The lowest BCUT2D eigenvalue weighted by atomic mass is 9.79. The molecule has 0 spiro atoms. The first-order valence-corrected chi connectivity index (χ1v) is 21.3. The average Bonchev–Trinajstić information content (AvgIpc) is 3.87. The van der Waals surface area contributed by atoms with Gasteiger partial charge in [-0.2, -0.15) is 9.97 Å². The van der Waals surface area contributed by atoms with Crippen LogP contribution in [-0.4, -0.2) is 104 Å². The Kier molecular flexibility index (Phi) is 11.5. The molecule has 2 saturated carbocycles. The Labute approximate surface area is 350 Å². The Hall–Kier alpha value is -4.98. The van der Waals surface area contributed by atoms with Crippen molar-refractivity contribution in [3.8, 4) is 22.9 Å². The number of benzene rings is 3. The summed E-state index contributed by atoms with van der Waals surface area (Å²) in [6, 6.07) is 10.0. The highest BCUT2D eigenvalue weighted by atomic mass is 19.1. The Balaban J connectivity index is 1.19. The number of fused-ring (bicyclic) bond motifs is 5. The Morgan fingerprint density at radius 3 is 2.42 bits per heavy atom. The molecule has 5 atom stereocenters. The summed E-state index contributed by atoms with van der Waals surface area (Å²) < 4.78 is 62.1. The number of piperazine rings is 1. The Morgan fingerprint density at radius 2 is 1.72 bits per heavy atom. The number of hydrogen-bond donors (Lipinski definition) is 0. The van der Waals surface area contributed by atoms with Gasteiger partial charge in [0.2, 0.25) is 0 Å². The molecule has 0 N–H and O–H groups in total. The number of amides is 2. The summed E-state index contributed by atoms with van der Waals surface area (Å²) in [5, 5.41) is 1.81. The second-order valence-electron chi connectivity index (χ2n) is 18.2. The SMILES string of the molecule is CCc1c(F)ccc2cc(OCOC)cc(-c3ccc4c(N5C[C@H]6CC[C@@H](C5)N6C(=O)OC(C)(C)C)nc(OCC56CCCC5C(COC(=O)N(C)C)CC6)nc4c3F)c12. The molecule has 4 fully saturated rings. The molecule has 2 amide bonds. The third-order valence-corrected chi connectivity index (χ3v) is 13.1. The van der Waals surface area contributed by atoms with Crippen LogP contribution in [0.25, 0.3) is 32.8 Å². The Bertz CT molecular complexity index is 2270. The second kappa shape index (κ2) is 16.5. The van der Waals surface area contributed by atoms with Gasteiger partial charge in [-0.3, -0.25) is 4.90 Å². The largest absolute Gasteiger partial charge is 0.468 e. The van der Waals surface area contributed by atoms with Crippen LogP contribution in [0.5, 0.6) is 11.8 Å². The summed E-state index contributed by atoms with van der Waals surface area (Å²) in [7, 11) is 4.88. The fourth-order valence-corrected chi connectivity index (χ4v) is 10.4. The molecule has 322 valence electrons. The normalized spacial score (nSPS) is 23.6. The van der Waals surface area contributed by atoms with Gasteiger partial charge in [0, 0.05) is 50.7 Å². The van der Waals surface area contributed by atoms with E-state index >= 15 is 8.78 Å². The van der Waals surface area contributed by atoms with Crippen molar-refractivity contribution < 1.29 is 42.1 Å². The van der Waals surface area contributed by atoms with Crippen molar-refractivity contribution in [1.82, 2.24) is 19.8 Å². The zero-order valence-corrected chi connectivity index (χ0v) is 35.8. The van der Waals surface area contributed by atoms with Gasteiger partial charge in [-0.25, -0.2) is 18.4 Å². The van der Waals surface area contributed by atoms with Crippen molar-refractivity contribution >= 4 is 39.7 Å². The van der Waals surface area contributed by atoms with E-state index in [-0.39, 0.29) is 65.3 Å². The van der Waals surface area contributed by atoms with E-state index in [4.69, 9.17) is 33.7 Å². The number of nitrogens with zero attached hydrogens (tertiary/aromatic N) is 5. The lowest BCUT2D eigenvalue weighted by Crippen LogP contribution is -2.57. The molecule has 4 aliphatic rings. The van der Waals surface area contributed by atoms with Crippen molar-refractivity contribution in [3.63, 3.8) is 0 Å². The third kappa shape index (κ3) is 7.87. The first-order chi connectivity index (χ1) is 28.7. The molecule has 60 heavy (non-hydrogen) atoms. The minimum absolute atomic E-state index is 0.0161. The van der Waals surface area contributed by atoms with Gasteiger partial charge in [-0.05, 0) is 124 Å². The van der Waals surface area contributed by atoms with Crippen LogP contribution in [0.15, 0.2) is 36.4 Å². The molecule has 1 aromatic heterocycles. The minimum atomic E-state index is -0.629. The molecule has 2 saturated heterocycles. The standard InChI is InChI=1S/C46H57F2N5O7/c1-8-32-37(47)16-11-27-20-31(59-26-56-7)21-35(38(27)32)33-14-15-34-40(39(33)48)49-42(58-25-46-18-9-10-36(46)28(17-19-46)24-57-43(54)51(5)6)50-41(34)52-22-29-12-13-30(23-52)53(29)44(55)60-45(2,3)4/h11,14-16,20-21,28-30,36H,8-10,12-13,17-19,22-26H2,1-7H3/t28?,29-,30+,36?,46?. The van der Waals surface area contributed by atoms with E-state index in [9.17, 15) is 9.59 Å². The molecule has 3 aromatic carbocycles. The lowest BCUT2D eigenvalue weighted by Gasteiger charge is -2.42. The van der Waals surface area contributed by atoms with Crippen LogP contribution in [0, 0.1) is 28.9 Å². The van der Waals surface area contributed by atoms with Gasteiger partial charge in [0.15, 0.2) is 12.6 Å². The first-order valence-electron chi connectivity index (χ1n) is 21.3. The average molecular weight is 830 g/mol. The lowest BCUT2D eigenvalue weighted by molar-refractivity contribution is 0.0122. The molecule has 12 nitrogen and oxygen atoms in total. The molecular formula is C46H57F2N5O7. The number of ether oxygens (including phenoxy) is 5. The fourth-order valence-electron chi connectivity index (χ4n) is 10.4. The molecule has 4 aromatic rings. The number of halogens is 2. The minimum Gasteiger partial charge on any atom is -0.468 e. The van der Waals surface area contributed by atoms with Gasteiger partial charge < -0.3 is 33.5 Å². The monoisotopic (exact) mass is 829 g/mol. The van der Waals surface area contributed by atoms with Crippen LogP contribution in [0.4, 0.5) is 24.2 Å². The number of aromatic nitrogens is 2. The third-order valence-electron chi connectivity index (χ3n) is 13.1. The van der Waals surface area contributed by atoms with E-state index < -0.39 is 11.4 Å². The van der Waals surface area contributed by atoms with E-state index in [1.807, 2.05) is 44.7 Å². The predicted octanol–water partition coefficient (Wildman–Crippen LogP) is 9.13. The first kappa shape index (κ1) is 41.7. The second-order valence-corrected chi connectivity index (χ2v) is 18.2. The van der Waals surface area contributed by atoms with E-state index in [0.717, 1.165) is 44.9 Å². The fraction of sp³-hybridized carbons (Fsp3) is 0.565. The Morgan fingerprint density at radius 1 is 0.950 bits per heavy atom. The molecule has 0 radical (unpaired) electrons. The van der Waals surface area contributed by atoms with E-state index in [1.54, 1.807) is 32.3 Å². The zero-order valence-electron chi connectivity index (χ0n) is 35.8. The van der Waals surface area contributed by atoms with Crippen LogP contribution < -0.4 is 14.4 Å². The molecule has 14 heteroatoms. The van der Waals surface area contributed by atoms with Crippen molar-refractivity contribution in [1.29, 1.82) is 0 Å². The highest BCUT2D eigenvalue weighted by Crippen LogP contribution is 2.57. The quantitative estimate of drug-likeness (QED) is 0.136. The number of anilines is 1. The smallest absolute Gasteiger partial charge is 0.410 e.